The molecule has 0 aromatic carbocycles. The summed E-state index contributed by atoms with van der Waals surface area (Å²) in [5, 5.41) is 2.85. The Morgan fingerprint density at radius 2 is 2.21 bits per heavy atom. The minimum Gasteiger partial charge on any atom is -0.447 e. The summed E-state index contributed by atoms with van der Waals surface area (Å²) in [6.45, 7) is 3.36. The van der Waals surface area contributed by atoms with E-state index in [1.165, 1.54) is 6.07 Å². The molecule has 0 aliphatic carbocycles. The minimum atomic E-state index is -3.61. The zero-order valence-corrected chi connectivity index (χ0v) is 12.0. The van der Waals surface area contributed by atoms with Gasteiger partial charge in [-0.1, -0.05) is 0 Å². The van der Waals surface area contributed by atoms with Crippen molar-refractivity contribution in [2.45, 2.75) is 37.0 Å². The van der Waals surface area contributed by atoms with Crippen molar-refractivity contribution in [3.63, 3.8) is 0 Å². The van der Waals surface area contributed by atoms with Gasteiger partial charge in [-0.2, -0.15) is 0 Å². The van der Waals surface area contributed by atoms with E-state index in [1.54, 1.807) is 13.1 Å². The summed E-state index contributed by atoms with van der Waals surface area (Å²) < 4.78 is 37.5. The summed E-state index contributed by atoms with van der Waals surface area (Å²) in [4.78, 5) is 0. The highest BCUT2D eigenvalue weighted by molar-refractivity contribution is 7.89. The molecule has 1 aromatic heterocycles. The molecule has 0 radical (unpaired) electrons. The van der Waals surface area contributed by atoms with Crippen LogP contribution >= 0.6 is 0 Å². The first-order valence-electron chi connectivity index (χ1n) is 6.32. The Morgan fingerprint density at radius 3 is 2.84 bits per heavy atom. The van der Waals surface area contributed by atoms with Crippen LogP contribution in [0.25, 0.3) is 0 Å². The van der Waals surface area contributed by atoms with Crippen LogP contribution in [0.2, 0.25) is 0 Å². The summed E-state index contributed by atoms with van der Waals surface area (Å²) in [6, 6.07) is 3.12. The highest BCUT2D eigenvalue weighted by Crippen LogP contribution is 2.24. The van der Waals surface area contributed by atoms with Crippen LogP contribution in [-0.2, 0) is 21.3 Å². The molecule has 1 aromatic rings. The molecule has 2 rings (SSSR count). The van der Waals surface area contributed by atoms with Gasteiger partial charge < -0.3 is 14.5 Å². The maximum atomic E-state index is 12.1. The quantitative estimate of drug-likeness (QED) is 0.811. The van der Waals surface area contributed by atoms with Gasteiger partial charge in [-0.3, -0.25) is 0 Å². The van der Waals surface area contributed by atoms with E-state index in [0.717, 1.165) is 12.8 Å². The molecular formula is C12H20N2O4S. The predicted molar refractivity (Wildman–Crippen MR) is 70.3 cm³/mol. The topological polar surface area (TPSA) is 80.6 Å². The standard InChI is InChI=1S/C12H20N2O4S/c1-12(6-3-7-17-12)9-14-19(15,16)11-5-4-10(18-11)8-13-2/h4-5,13-14H,3,6-9H2,1-2H3. The van der Waals surface area contributed by atoms with Crippen molar-refractivity contribution in [2.24, 2.45) is 0 Å². The Morgan fingerprint density at radius 1 is 1.42 bits per heavy atom. The highest BCUT2D eigenvalue weighted by atomic mass is 32.2. The fourth-order valence-electron chi connectivity index (χ4n) is 2.07. The molecule has 1 saturated heterocycles. The largest absolute Gasteiger partial charge is 0.447 e. The van der Waals surface area contributed by atoms with Gasteiger partial charge in [0, 0.05) is 13.2 Å². The van der Waals surface area contributed by atoms with Crippen LogP contribution in [-0.4, -0.2) is 34.2 Å². The van der Waals surface area contributed by atoms with Crippen molar-refractivity contribution in [1.29, 1.82) is 0 Å². The lowest BCUT2D eigenvalue weighted by atomic mass is 10.0. The maximum absolute atomic E-state index is 12.1. The number of furan rings is 1. The van der Waals surface area contributed by atoms with Crippen LogP contribution in [0.15, 0.2) is 21.6 Å². The molecule has 1 aliphatic rings. The van der Waals surface area contributed by atoms with E-state index in [2.05, 4.69) is 10.0 Å². The second-order valence-corrected chi connectivity index (χ2v) is 6.68. The number of nitrogens with one attached hydrogen (secondary N) is 2. The van der Waals surface area contributed by atoms with Gasteiger partial charge in [0.2, 0.25) is 5.09 Å². The monoisotopic (exact) mass is 288 g/mol. The van der Waals surface area contributed by atoms with E-state index in [-0.39, 0.29) is 11.6 Å². The average Bonchev–Trinajstić information content (AvgIpc) is 2.98. The van der Waals surface area contributed by atoms with Crippen molar-refractivity contribution < 1.29 is 17.6 Å². The first-order chi connectivity index (χ1) is 8.95. The van der Waals surface area contributed by atoms with Gasteiger partial charge in [0.15, 0.2) is 0 Å². The van der Waals surface area contributed by atoms with Crippen LogP contribution in [0.1, 0.15) is 25.5 Å². The molecule has 108 valence electrons. The lowest BCUT2D eigenvalue weighted by molar-refractivity contribution is 0.0250. The van der Waals surface area contributed by atoms with Crippen molar-refractivity contribution >= 4 is 10.0 Å². The molecule has 0 spiro atoms. The number of sulfonamides is 1. The predicted octanol–water partition coefficient (Wildman–Crippen LogP) is 0.846. The fourth-order valence-corrected chi connectivity index (χ4v) is 3.17. The van der Waals surface area contributed by atoms with E-state index < -0.39 is 15.6 Å². The van der Waals surface area contributed by atoms with E-state index in [0.29, 0.717) is 18.9 Å². The molecule has 1 atom stereocenters. The Kier molecular flexibility index (Phi) is 4.29. The third-order valence-electron chi connectivity index (χ3n) is 3.19. The van der Waals surface area contributed by atoms with Crippen LogP contribution in [0.5, 0.6) is 0 Å². The van der Waals surface area contributed by atoms with E-state index in [1.807, 2.05) is 6.92 Å². The van der Waals surface area contributed by atoms with Crippen molar-refractivity contribution in [1.82, 2.24) is 10.0 Å². The average molecular weight is 288 g/mol. The lowest BCUT2D eigenvalue weighted by Crippen LogP contribution is -2.39. The van der Waals surface area contributed by atoms with Gasteiger partial charge >= 0.3 is 0 Å². The first kappa shape index (κ1) is 14.5. The maximum Gasteiger partial charge on any atom is 0.274 e. The summed E-state index contributed by atoms with van der Waals surface area (Å²) in [5.74, 6) is 0.589. The highest BCUT2D eigenvalue weighted by Gasteiger charge is 2.32. The fraction of sp³-hybridized carbons (Fsp3) is 0.667. The minimum absolute atomic E-state index is 0.0562. The first-order valence-corrected chi connectivity index (χ1v) is 7.80. The van der Waals surface area contributed by atoms with Gasteiger partial charge in [0.1, 0.15) is 5.76 Å². The molecule has 1 aliphatic heterocycles. The van der Waals surface area contributed by atoms with Crippen LogP contribution in [0.4, 0.5) is 0 Å². The molecule has 19 heavy (non-hydrogen) atoms. The zero-order valence-electron chi connectivity index (χ0n) is 11.2. The van der Waals surface area contributed by atoms with Gasteiger partial charge in [0.05, 0.1) is 12.1 Å². The number of hydrogen-bond donors (Lipinski definition) is 2. The van der Waals surface area contributed by atoms with Crippen LogP contribution in [0, 0.1) is 0 Å². The van der Waals surface area contributed by atoms with Gasteiger partial charge in [0.25, 0.3) is 10.0 Å². The normalized spacial score (nSPS) is 23.9. The van der Waals surface area contributed by atoms with Gasteiger partial charge in [-0.05, 0) is 38.9 Å². The molecule has 0 bridgehead atoms. The molecule has 7 heteroatoms. The molecular weight excluding hydrogens is 268 g/mol. The SMILES string of the molecule is CNCc1ccc(S(=O)(=O)NCC2(C)CCCO2)o1. The summed E-state index contributed by atoms with van der Waals surface area (Å²) >= 11 is 0. The molecule has 1 unspecified atom stereocenters. The summed E-state index contributed by atoms with van der Waals surface area (Å²) in [5.41, 5.74) is -0.409. The second-order valence-electron chi connectivity index (χ2n) is 4.98. The molecule has 2 heterocycles. The molecule has 0 amide bonds. The molecule has 2 N–H and O–H groups in total. The van der Waals surface area contributed by atoms with E-state index in [4.69, 9.17) is 9.15 Å². The van der Waals surface area contributed by atoms with Crippen molar-refractivity contribution in [3.8, 4) is 0 Å². The van der Waals surface area contributed by atoms with E-state index in [9.17, 15) is 8.42 Å². The number of rotatable bonds is 6. The summed E-state index contributed by atoms with van der Waals surface area (Å²) in [6.07, 6.45) is 1.82. The van der Waals surface area contributed by atoms with Crippen molar-refractivity contribution in [3.05, 3.63) is 17.9 Å². The zero-order chi connectivity index (χ0) is 13.9. The third-order valence-corrected chi connectivity index (χ3v) is 4.46. The lowest BCUT2D eigenvalue weighted by Gasteiger charge is -2.22. The van der Waals surface area contributed by atoms with Gasteiger partial charge in [-0.25, -0.2) is 13.1 Å². The molecule has 0 saturated carbocycles. The Hall–Kier alpha value is -0.890. The number of hydrogen-bond acceptors (Lipinski definition) is 5. The van der Waals surface area contributed by atoms with E-state index >= 15 is 0 Å². The Balaban J connectivity index is 2.01. The van der Waals surface area contributed by atoms with Gasteiger partial charge in [-0.15, -0.1) is 0 Å². The van der Waals surface area contributed by atoms with Crippen molar-refractivity contribution in [2.75, 3.05) is 20.2 Å². The smallest absolute Gasteiger partial charge is 0.274 e. The molecule has 1 fully saturated rings. The van der Waals surface area contributed by atoms with Crippen LogP contribution in [0.3, 0.4) is 0 Å². The molecule has 6 nitrogen and oxygen atoms in total. The number of ether oxygens (including phenoxy) is 1. The second kappa shape index (κ2) is 5.62. The Bertz CT molecular complexity index is 518. The van der Waals surface area contributed by atoms with Crippen LogP contribution < -0.4 is 10.0 Å². The summed E-state index contributed by atoms with van der Waals surface area (Å²) in [7, 11) is -1.84. The third kappa shape index (κ3) is 3.56. The Labute approximate surface area is 113 Å².